The SMILES string of the molecule is CCc1c(-c2ccc(OC)c(OC)c2)[nH]c2ccc(-c3cccc(CN4CCN(C)CC4)c3)cc12. The molecule has 1 aromatic heterocycles. The number of nitrogens with one attached hydrogen (secondary N) is 1. The largest absolute Gasteiger partial charge is 0.493 e. The number of piperazine rings is 1. The first-order valence-electron chi connectivity index (χ1n) is 12.5. The third-order valence-corrected chi connectivity index (χ3v) is 7.19. The Balaban J connectivity index is 1.47. The molecular weight excluding hydrogens is 434 g/mol. The molecular formula is C30H35N3O2. The van der Waals surface area contributed by atoms with Crippen molar-refractivity contribution in [3.63, 3.8) is 0 Å². The summed E-state index contributed by atoms with van der Waals surface area (Å²) in [5.41, 5.74) is 8.63. The van der Waals surface area contributed by atoms with Gasteiger partial charge in [0.2, 0.25) is 0 Å². The summed E-state index contributed by atoms with van der Waals surface area (Å²) < 4.78 is 11.0. The van der Waals surface area contributed by atoms with Gasteiger partial charge in [-0.2, -0.15) is 0 Å². The molecule has 3 aromatic carbocycles. The van der Waals surface area contributed by atoms with Crippen LogP contribution in [0.2, 0.25) is 0 Å². The molecule has 182 valence electrons. The Morgan fingerprint density at radius 3 is 2.29 bits per heavy atom. The summed E-state index contributed by atoms with van der Waals surface area (Å²) in [5.74, 6) is 1.48. The highest BCUT2D eigenvalue weighted by Gasteiger charge is 2.16. The molecule has 2 heterocycles. The second-order valence-corrected chi connectivity index (χ2v) is 9.44. The van der Waals surface area contributed by atoms with Crippen molar-refractivity contribution in [3.05, 3.63) is 71.8 Å². The Hall–Kier alpha value is -3.28. The van der Waals surface area contributed by atoms with E-state index in [2.05, 4.69) is 77.3 Å². The predicted octanol–water partition coefficient (Wildman–Crippen LogP) is 5.83. The van der Waals surface area contributed by atoms with Gasteiger partial charge in [-0.25, -0.2) is 0 Å². The van der Waals surface area contributed by atoms with Crippen molar-refractivity contribution >= 4 is 10.9 Å². The lowest BCUT2D eigenvalue weighted by molar-refractivity contribution is 0.148. The van der Waals surface area contributed by atoms with Gasteiger partial charge in [0.25, 0.3) is 0 Å². The minimum Gasteiger partial charge on any atom is -0.493 e. The highest BCUT2D eigenvalue weighted by Crippen LogP contribution is 2.37. The number of benzene rings is 3. The minimum absolute atomic E-state index is 0.739. The Bertz CT molecular complexity index is 1320. The van der Waals surface area contributed by atoms with Crippen molar-refractivity contribution in [1.82, 2.24) is 14.8 Å². The van der Waals surface area contributed by atoms with Crippen LogP contribution >= 0.6 is 0 Å². The van der Waals surface area contributed by atoms with Gasteiger partial charge in [0.15, 0.2) is 11.5 Å². The summed E-state index contributed by atoms with van der Waals surface area (Å²) in [6, 6.07) is 21.9. The number of likely N-dealkylation sites (N-methyl/N-ethyl adjacent to an activating group) is 1. The lowest BCUT2D eigenvalue weighted by Crippen LogP contribution is -2.43. The van der Waals surface area contributed by atoms with Gasteiger partial charge in [-0.05, 0) is 72.1 Å². The van der Waals surface area contributed by atoms with Crippen LogP contribution in [0.3, 0.4) is 0 Å². The van der Waals surface area contributed by atoms with Crippen LogP contribution in [0.25, 0.3) is 33.3 Å². The Kier molecular flexibility index (Phi) is 6.80. The average Bonchev–Trinajstić information content (AvgIpc) is 3.27. The fourth-order valence-electron chi connectivity index (χ4n) is 5.15. The first-order valence-corrected chi connectivity index (χ1v) is 12.5. The molecule has 1 saturated heterocycles. The Labute approximate surface area is 208 Å². The molecule has 1 fully saturated rings. The minimum atomic E-state index is 0.739. The molecule has 5 heteroatoms. The van der Waals surface area contributed by atoms with E-state index in [1.807, 2.05) is 12.1 Å². The van der Waals surface area contributed by atoms with Gasteiger partial charge in [-0.3, -0.25) is 4.90 Å². The van der Waals surface area contributed by atoms with E-state index in [1.165, 1.54) is 27.6 Å². The number of ether oxygens (including phenoxy) is 2. The zero-order chi connectivity index (χ0) is 24.4. The number of rotatable bonds is 7. The van der Waals surface area contributed by atoms with Crippen molar-refractivity contribution in [2.75, 3.05) is 47.4 Å². The van der Waals surface area contributed by atoms with E-state index in [0.717, 1.165) is 67.4 Å². The highest BCUT2D eigenvalue weighted by atomic mass is 16.5. The molecule has 1 aliphatic heterocycles. The normalized spacial score (nSPS) is 15.0. The van der Waals surface area contributed by atoms with Crippen molar-refractivity contribution in [1.29, 1.82) is 0 Å². The van der Waals surface area contributed by atoms with E-state index in [1.54, 1.807) is 14.2 Å². The van der Waals surface area contributed by atoms with Crippen LogP contribution in [0.1, 0.15) is 18.1 Å². The highest BCUT2D eigenvalue weighted by molar-refractivity contribution is 5.94. The van der Waals surface area contributed by atoms with Crippen LogP contribution < -0.4 is 9.47 Å². The van der Waals surface area contributed by atoms with Gasteiger partial charge < -0.3 is 19.4 Å². The summed E-state index contributed by atoms with van der Waals surface area (Å²) >= 11 is 0. The number of H-pyrrole nitrogens is 1. The molecule has 0 unspecified atom stereocenters. The van der Waals surface area contributed by atoms with E-state index in [0.29, 0.717) is 0 Å². The molecule has 35 heavy (non-hydrogen) atoms. The van der Waals surface area contributed by atoms with Crippen molar-refractivity contribution in [2.24, 2.45) is 0 Å². The molecule has 0 radical (unpaired) electrons. The van der Waals surface area contributed by atoms with Crippen LogP contribution in [-0.2, 0) is 13.0 Å². The lowest BCUT2D eigenvalue weighted by atomic mass is 9.98. The standard InChI is InChI=1S/C30H35N3O2/c1-5-25-26-18-23(22-8-6-7-21(17-22)20-33-15-13-32(2)14-16-33)9-11-27(26)31-30(25)24-10-12-28(34-3)29(19-24)35-4/h6-12,17-19,31H,5,13-16,20H2,1-4H3. The van der Waals surface area contributed by atoms with E-state index < -0.39 is 0 Å². The second kappa shape index (κ2) is 10.1. The number of methoxy groups -OCH3 is 2. The summed E-state index contributed by atoms with van der Waals surface area (Å²) in [5, 5.41) is 1.28. The van der Waals surface area contributed by atoms with Crippen LogP contribution in [0, 0.1) is 0 Å². The van der Waals surface area contributed by atoms with E-state index >= 15 is 0 Å². The fourth-order valence-corrected chi connectivity index (χ4v) is 5.15. The molecule has 0 bridgehead atoms. The number of hydrogen-bond acceptors (Lipinski definition) is 4. The molecule has 0 aliphatic carbocycles. The van der Waals surface area contributed by atoms with Gasteiger partial charge in [0.1, 0.15) is 0 Å². The van der Waals surface area contributed by atoms with Gasteiger partial charge in [-0.1, -0.05) is 31.2 Å². The first kappa shape index (κ1) is 23.5. The third-order valence-electron chi connectivity index (χ3n) is 7.19. The third kappa shape index (κ3) is 4.79. The summed E-state index contributed by atoms with van der Waals surface area (Å²) in [6.45, 7) is 7.79. The summed E-state index contributed by atoms with van der Waals surface area (Å²) in [7, 11) is 5.55. The van der Waals surface area contributed by atoms with Gasteiger partial charge >= 0.3 is 0 Å². The smallest absolute Gasteiger partial charge is 0.161 e. The maximum Gasteiger partial charge on any atom is 0.161 e. The number of nitrogens with zero attached hydrogens (tertiary/aromatic N) is 2. The molecule has 5 nitrogen and oxygen atoms in total. The van der Waals surface area contributed by atoms with Crippen molar-refractivity contribution < 1.29 is 9.47 Å². The van der Waals surface area contributed by atoms with E-state index in [9.17, 15) is 0 Å². The molecule has 4 aromatic rings. The number of aromatic nitrogens is 1. The maximum atomic E-state index is 5.55. The molecule has 0 amide bonds. The molecule has 0 atom stereocenters. The fraction of sp³-hybridized carbons (Fsp3) is 0.333. The number of aryl methyl sites for hydroxylation is 1. The van der Waals surface area contributed by atoms with Crippen LogP contribution in [0.4, 0.5) is 0 Å². The first-order chi connectivity index (χ1) is 17.1. The molecule has 1 aliphatic rings. The zero-order valence-electron chi connectivity index (χ0n) is 21.2. The summed E-state index contributed by atoms with van der Waals surface area (Å²) in [6.07, 6.45) is 0.941. The number of hydrogen-bond donors (Lipinski definition) is 1. The zero-order valence-corrected chi connectivity index (χ0v) is 21.2. The van der Waals surface area contributed by atoms with Crippen LogP contribution in [-0.4, -0.2) is 62.2 Å². The van der Waals surface area contributed by atoms with E-state index in [4.69, 9.17) is 9.47 Å². The second-order valence-electron chi connectivity index (χ2n) is 9.44. The average molecular weight is 470 g/mol. The monoisotopic (exact) mass is 469 g/mol. The molecule has 0 saturated carbocycles. The van der Waals surface area contributed by atoms with Crippen LogP contribution in [0.15, 0.2) is 60.7 Å². The van der Waals surface area contributed by atoms with Crippen LogP contribution in [0.5, 0.6) is 11.5 Å². The van der Waals surface area contributed by atoms with Gasteiger partial charge in [-0.15, -0.1) is 0 Å². The maximum absolute atomic E-state index is 5.55. The van der Waals surface area contributed by atoms with Gasteiger partial charge in [0, 0.05) is 54.9 Å². The van der Waals surface area contributed by atoms with Crippen molar-refractivity contribution in [3.8, 4) is 33.9 Å². The van der Waals surface area contributed by atoms with Gasteiger partial charge in [0.05, 0.1) is 14.2 Å². The Morgan fingerprint density at radius 2 is 1.54 bits per heavy atom. The lowest BCUT2D eigenvalue weighted by Gasteiger charge is -2.32. The van der Waals surface area contributed by atoms with E-state index in [-0.39, 0.29) is 0 Å². The molecule has 1 N–H and O–H groups in total. The topological polar surface area (TPSA) is 40.7 Å². The number of aromatic amines is 1. The van der Waals surface area contributed by atoms with Crippen molar-refractivity contribution in [2.45, 2.75) is 19.9 Å². The quantitative estimate of drug-likeness (QED) is 0.370. The summed E-state index contributed by atoms with van der Waals surface area (Å²) in [4.78, 5) is 8.62. The molecule has 5 rings (SSSR count). The Morgan fingerprint density at radius 1 is 0.800 bits per heavy atom. The number of fused-ring (bicyclic) bond motifs is 1. The molecule has 0 spiro atoms. The predicted molar refractivity (Wildman–Crippen MR) is 144 cm³/mol.